The highest BCUT2D eigenvalue weighted by atomic mass is 32.2. The molecule has 0 fully saturated rings. The predicted molar refractivity (Wildman–Crippen MR) is 75.4 cm³/mol. The van der Waals surface area contributed by atoms with Crippen molar-refractivity contribution >= 4 is 11.8 Å². The van der Waals surface area contributed by atoms with E-state index in [0.29, 0.717) is 11.0 Å². The number of thioether (sulfide) groups is 1. The summed E-state index contributed by atoms with van der Waals surface area (Å²) in [5.74, 6) is 0.600. The molecule has 6 heteroatoms. The number of aliphatic hydroxyl groups is 1. The number of nitro groups is 1. The molecule has 0 radical (unpaired) electrons. The summed E-state index contributed by atoms with van der Waals surface area (Å²) in [7, 11) is 0. The summed E-state index contributed by atoms with van der Waals surface area (Å²) >= 11 is 1.75. The van der Waals surface area contributed by atoms with Gasteiger partial charge in [-0.1, -0.05) is 13.8 Å². The molecule has 0 saturated carbocycles. The molecular formula is C13H19NO4S. The Labute approximate surface area is 117 Å². The van der Waals surface area contributed by atoms with Gasteiger partial charge in [0.05, 0.1) is 0 Å². The molecule has 2 atom stereocenters. The Balaban J connectivity index is 2.47. The zero-order valence-electron chi connectivity index (χ0n) is 11.3. The second-order valence-electron chi connectivity index (χ2n) is 4.54. The van der Waals surface area contributed by atoms with Gasteiger partial charge in [-0.05, 0) is 24.3 Å². The third kappa shape index (κ3) is 5.48. The topological polar surface area (TPSA) is 72.6 Å². The molecule has 5 nitrogen and oxygen atoms in total. The second-order valence-corrected chi connectivity index (χ2v) is 6.19. The van der Waals surface area contributed by atoms with Crippen LogP contribution in [-0.4, -0.2) is 34.0 Å². The van der Waals surface area contributed by atoms with Gasteiger partial charge in [-0.15, -0.1) is 11.8 Å². The molecule has 106 valence electrons. The van der Waals surface area contributed by atoms with Crippen LogP contribution in [0.15, 0.2) is 29.2 Å². The summed E-state index contributed by atoms with van der Waals surface area (Å²) in [4.78, 5) is 11.1. The van der Waals surface area contributed by atoms with Crippen LogP contribution in [0.3, 0.4) is 0 Å². The molecule has 2 unspecified atom stereocenters. The van der Waals surface area contributed by atoms with E-state index < -0.39 is 17.1 Å². The fourth-order valence-corrected chi connectivity index (χ4v) is 2.19. The van der Waals surface area contributed by atoms with Crippen molar-refractivity contribution in [1.29, 1.82) is 0 Å². The van der Waals surface area contributed by atoms with E-state index in [0.717, 1.165) is 4.90 Å². The smallest absolute Gasteiger partial charge is 0.239 e. The first-order chi connectivity index (χ1) is 8.90. The Morgan fingerprint density at radius 3 is 2.37 bits per heavy atom. The number of ether oxygens (including phenoxy) is 1. The molecule has 1 N–H and O–H groups in total. The molecule has 0 saturated heterocycles. The van der Waals surface area contributed by atoms with Crippen molar-refractivity contribution in [3.05, 3.63) is 34.4 Å². The lowest BCUT2D eigenvalue weighted by molar-refractivity contribution is -0.530. The van der Waals surface area contributed by atoms with Crippen LogP contribution in [0.1, 0.15) is 20.8 Å². The van der Waals surface area contributed by atoms with Crippen molar-refractivity contribution in [3.63, 3.8) is 0 Å². The maximum atomic E-state index is 10.5. The molecule has 1 aromatic carbocycles. The van der Waals surface area contributed by atoms with Crippen LogP contribution in [0, 0.1) is 10.1 Å². The first-order valence-electron chi connectivity index (χ1n) is 6.11. The molecule has 1 aromatic rings. The highest BCUT2D eigenvalue weighted by Crippen LogP contribution is 2.24. The van der Waals surface area contributed by atoms with E-state index in [1.807, 2.05) is 12.1 Å². The van der Waals surface area contributed by atoms with E-state index in [2.05, 4.69) is 13.8 Å². The van der Waals surface area contributed by atoms with Gasteiger partial charge in [-0.3, -0.25) is 10.1 Å². The fourth-order valence-electron chi connectivity index (χ4n) is 1.35. The lowest BCUT2D eigenvalue weighted by Crippen LogP contribution is -2.35. The van der Waals surface area contributed by atoms with Crippen LogP contribution >= 0.6 is 11.8 Å². The van der Waals surface area contributed by atoms with Gasteiger partial charge in [0.25, 0.3) is 0 Å². The SMILES string of the molecule is CC(C)Sc1ccc(OCC(O)C(C)[N+](=O)[O-])cc1. The number of hydrogen-bond donors (Lipinski definition) is 1. The van der Waals surface area contributed by atoms with Crippen LogP contribution in [0.2, 0.25) is 0 Å². The Bertz CT molecular complexity index is 408. The molecule has 1 rings (SSSR count). The highest BCUT2D eigenvalue weighted by molar-refractivity contribution is 7.99. The molecule has 0 aliphatic rings. The average molecular weight is 285 g/mol. The van der Waals surface area contributed by atoms with E-state index in [9.17, 15) is 15.2 Å². The van der Waals surface area contributed by atoms with E-state index in [-0.39, 0.29) is 6.61 Å². The molecule has 0 aliphatic heterocycles. The Morgan fingerprint density at radius 2 is 1.89 bits per heavy atom. The normalized spacial score (nSPS) is 14.2. The first-order valence-corrected chi connectivity index (χ1v) is 6.99. The molecule has 0 aliphatic carbocycles. The number of hydrogen-bond acceptors (Lipinski definition) is 5. The molecule has 0 spiro atoms. The highest BCUT2D eigenvalue weighted by Gasteiger charge is 2.24. The standard InChI is InChI=1S/C13H19NO4S/c1-9(2)19-12-6-4-11(5-7-12)18-8-13(15)10(3)14(16)17/h4-7,9-10,13,15H,8H2,1-3H3. The summed E-state index contributed by atoms with van der Waals surface area (Å²) in [6.45, 7) is 5.50. The fraction of sp³-hybridized carbons (Fsp3) is 0.538. The maximum Gasteiger partial charge on any atom is 0.239 e. The summed E-state index contributed by atoms with van der Waals surface area (Å²) in [5, 5.41) is 20.5. The lowest BCUT2D eigenvalue weighted by atomic mass is 10.2. The number of benzene rings is 1. The number of nitrogens with zero attached hydrogens (tertiary/aromatic N) is 1. The van der Waals surface area contributed by atoms with Gasteiger partial charge in [-0.2, -0.15) is 0 Å². The van der Waals surface area contributed by atoms with Crippen molar-refractivity contribution in [2.45, 2.75) is 43.1 Å². The number of rotatable bonds is 7. The van der Waals surface area contributed by atoms with E-state index in [4.69, 9.17) is 4.74 Å². The quantitative estimate of drug-likeness (QED) is 0.473. The molecule has 0 amide bonds. The lowest BCUT2D eigenvalue weighted by Gasteiger charge is -2.13. The van der Waals surface area contributed by atoms with Gasteiger partial charge in [0.15, 0.2) is 6.10 Å². The number of aliphatic hydroxyl groups excluding tert-OH is 1. The average Bonchev–Trinajstić information content (AvgIpc) is 2.35. The minimum atomic E-state index is -1.11. The molecule has 0 bridgehead atoms. The van der Waals surface area contributed by atoms with E-state index in [1.165, 1.54) is 6.92 Å². The Morgan fingerprint density at radius 1 is 1.32 bits per heavy atom. The summed E-state index contributed by atoms with van der Waals surface area (Å²) in [5.41, 5.74) is 0. The van der Waals surface area contributed by atoms with Gasteiger partial charge >= 0.3 is 0 Å². The first kappa shape index (κ1) is 15.8. The van der Waals surface area contributed by atoms with E-state index >= 15 is 0 Å². The van der Waals surface area contributed by atoms with Crippen molar-refractivity contribution in [2.75, 3.05) is 6.61 Å². The van der Waals surface area contributed by atoms with Gasteiger partial charge in [0.1, 0.15) is 12.4 Å². The summed E-state index contributed by atoms with van der Waals surface area (Å²) in [6, 6.07) is 6.44. The van der Waals surface area contributed by atoms with Gasteiger partial charge in [-0.25, -0.2) is 0 Å². The Hall–Kier alpha value is -1.27. The Kier molecular flexibility index (Phi) is 6.11. The second kappa shape index (κ2) is 7.35. The van der Waals surface area contributed by atoms with Crippen LogP contribution in [0.4, 0.5) is 0 Å². The van der Waals surface area contributed by atoms with Crippen LogP contribution in [-0.2, 0) is 0 Å². The van der Waals surface area contributed by atoms with Crippen molar-refractivity contribution in [1.82, 2.24) is 0 Å². The monoisotopic (exact) mass is 285 g/mol. The van der Waals surface area contributed by atoms with Gasteiger partial charge in [0, 0.05) is 22.0 Å². The van der Waals surface area contributed by atoms with Crippen molar-refractivity contribution in [2.24, 2.45) is 0 Å². The molecule has 0 heterocycles. The zero-order valence-corrected chi connectivity index (χ0v) is 12.1. The third-order valence-corrected chi connectivity index (χ3v) is 3.52. The zero-order chi connectivity index (χ0) is 14.4. The largest absolute Gasteiger partial charge is 0.491 e. The maximum absolute atomic E-state index is 10.5. The van der Waals surface area contributed by atoms with Crippen LogP contribution in [0.25, 0.3) is 0 Å². The van der Waals surface area contributed by atoms with Crippen LogP contribution in [0.5, 0.6) is 5.75 Å². The summed E-state index contributed by atoms with van der Waals surface area (Å²) in [6.07, 6.45) is -1.11. The third-order valence-electron chi connectivity index (χ3n) is 2.51. The van der Waals surface area contributed by atoms with Crippen molar-refractivity contribution in [3.8, 4) is 5.75 Å². The van der Waals surface area contributed by atoms with Crippen molar-refractivity contribution < 1.29 is 14.8 Å². The minimum Gasteiger partial charge on any atom is -0.491 e. The molecular weight excluding hydrogens is 266 g/mol. The van der Waals surface area contributed by atoms with Gasteiger partial charge in [0.2, 0.25) is 6.04 Å². The van der Waals surface area contributed by atoms with Gasteiger partial charge < -0.3 is 9.84 Å². The molecule has 19 heavy (non-hydrogen) atoms. The molecule has 0 aromatic heterocycles. The van der Waals surface area contributed by atoms with E-state index in [1.54, 1.807) is 23.9 Å². The summed E-state index contributed by atoms with van der Waals surface area (Å²) < 4.78 is 5.34. The minimum absolute atomic E-state index is 0.0845. The predicted octanol–water partition coefficient (Wildman–Crippen LogP) is 2.59. The van der Waals surface area contributed by atoms with Crippen LogP contribution < -0.4 is 4.74 Å².